The topological polar surface area (TPSA) is 212 Å². The van der Waals surface area contributed by atoms with E-state index in [2.05, 4.69) is 17.2 Å². The predicted octanol–water partition coefficient (Wildman–Crippen LogP) is 5.30. The van der Waals surface area contributed by atoms with Crippen LogP contribution in [0.15, 0.2) is 46.1 Å². The first-order valence-electron chi connectivity index (χ1n) is 20.4. The minimum absolute atomic E-state index is 0.00641. The second-order valence-corrected chi connectivity index (χ2v) is 18.2. The molecule has 16 heteroatoms. The van der Waals surface area contributed by atoms with Gasteiger partial charge in [-0.1, -0.05) is 84.4 Å². The van der Waals surface area contributed by atoms with Crippen molar-refractivity contribution in [3.8, 4) is 0 Å². The quantitative estimate of drug-likeness (QED) is 0.0316. The summed E-state index contributed by atoms with van der Waals surface area (Å²) in [6.07, 6.45) is 6.94. The molecule has 328 valence electrons. The van der Waals surface area contributed by atoms with Crippen LogP contribution in [0.25, 0.3) is 0 Å². The molecule has 0 aromatic rings. The Labute approximate surface area is 353 Å². The highest BCUT2D eigenvalue weighted by Gasteiger charge is 2.38. The third-order valence-corrected chi connectivity index (χ3v) is 12.9. The fourth-order valence-electron chi connectivity index (χ4n) is 7.18. The Morgan fingerprint density at radius 1 is 1.12 bits per heavy atom. The average Bonchev–Trinajstić information content (AvgIpc) is 3.16. The van der Waals surface area contributed by atoms with E-state index < -0.39 is 48.0 Å². The number of aliphatic hydroxyl groups is 2. The number of esters is 1. The first-order chi connectivity index (χ1) is 27.3. The van der Waals surface area contributed by atoms with Crippen LogP contribution in [0, 0.1) is 23.7 Å². The summed E-state index contributed by atoms with van der Waals surface area (Å²) in [5, 5.41) is 36.5. The zero-order valence-electron chi connectivity index (χ0n) is 35.7. The first kappa shape index (κ1) is 50.7. The number of allylic oxidation sites excluding steroid dienone is 3. The molecule has 0 radical (unpaired) electrons. The number of piperidine rings is 1. The van der Waals surface area contributed by atoms with Crippen LogP contribution >= 0.6 is 23.5 Å². The van der Waals surface area contributed by atoms with E-state index in [1.54, 1.807) is 24.0 Å². The molecule has 0 aromatic carbocycles. The number of likely N-dealkylation sites (N-methyl/N-ethyl adjacent to an activating group) is 1. The van der Waals surface area contributed by atoms with Gasteiger partial charge in [0.05, 0.1) is 30.2 Å². The van der Waals surface area contributed by atoms with Gasteiger partial charge in [-0.15, -0.1) is 11.8 Å². The van der Waals surface area contributed by atoms with Gasteiger partial charge >= 0.3 is 11.9 Å². The van der Waals surface area contributed by atoms with E-state index in [4.69, 9.17) is 10.5 Å². The molecule has 2 aliphatic rings. The van der Waals surface area contributed by atoms with Crippen LogP contribution in [-0.4, -0.2) is 117 Å². The maximum absolute atomic E-state index is 14.7. The molecular formula is C42H69N5O9S2. The van der Waals surface area contributed by atoms with Crippen molar-refractivity contribution in [1.29, 1.82) is 0 Å². The molecule has 7 N–H and O–H groups in total. The number of aliphatic hydroxyl groups excluding tert-OH is 2. The minimum Gasteiger partial charge on any atom is -0.512 e. The van der Waals surface area contributed by atoms with E-state index in [0.717, 1.165) is 36.7 Å². The van der Waals surface area contributed by atoms with Crippen LogP contribution in [0.4, 0.5) is 0 Å². The number of carbonyl (C=O) groups is 5. The molecule has 0 bridgehead atoms. The SMILES string of the molecule is C=C(S/C=C(\N)C(=O)N[C@@H](CC1=CC=C(O)CC1C)C[C@H](C)C(=O)O)[C@@H](C[C@H](C(C)C)N(CSCCO)C(=O)[C@@H](NC(=O)[C@H]1CCCCN1C)C(C)CC)OC(C)=O. The number of rotatable bonds is 24. The molecule has 1 aliphatic carbocycles. The average molecular weight is 852 g/mol. The number of carboxylic acids is 1. The van der Waals surface area contributed by atoms with Crippen molar-refractivity contribution in [1.82, 2.24) is 20.4 Å². The summed E-state index contributed by atoms with van der Waals surface area (Å²) in [7, 11) is 1.92. The number of hydrogen-bond acceptors (Lipinski definition) is 12. The van der Waals surface area contributed by atoms with Gasteiger partial charge in [0.1, 0.15) is 17.8 Å². The summed E-state index contributed by atoms with van der Waals surface area (Å²) in [6, 6.07) is -2.18. The first-order valence-corrected chi connectivity index (χ1v) is 22.4. The Balaban J connectivity index is 2.35. The molecule has 14 nitrogen and oxygen atoms in total. The van der Waals surface area contributed by atoms with Crippen LogP contribution < -0.4 is 16.4 Å². The molecule has 0 spiro atoms. The highest BCUT2D eigenvalue weighted by Crippen LogP contribution is 2.32. The van der Waals surface area contributed by atoms with Crippen molar-refractivity contribution in [2.75, 3.05) is 31.8 Å². The van der Waals surface area contributed by atoms with E-state index in [-0.39, 0.29) is 72.4 Å². The van der Waals surface area contributed by atoms with Gasteiger partial charge in [0, 0.05) is 47.9 Å². The smallest absolute Gasteiger partial charge is 0.306 e. The zero-order chi connectivity index (χ0) is 43.7. The summed E-state index contributed by atoms with van der Waals surface area (Å²) in [4.78, 5) is 70.0. The minimum atomic E-state index is -0.992. The van der Waals surface area contributed by atoms with Crippen molar-refractivity contribution >= 4 is 53.2 Å². The van der Waals surface area contributed by atoms with Crippen molar-refractivity contribution in [3.63, 3.8) is 0 Å². The standard InChI is InChI=1S/C42H69N5O9S2/c1-10-26(4)38(45-40(52)35-13-11-12-16-46(35)9)41(53)47(24-57-18-17-48)36(25(2)3)22-37(56-30(8)49)29(7)58-23-34(43)39(51)44-32(19-28(6)42(54)55)21-31-14-15-33(50)20-27(31)5/h14-15,23,25-28,32,35-38,48,50H,7,10-13,16-22,24,43H2,1-6,8-9H3,(H,44,51)(H,45,52)(H,54,55)/b34-23-/t26?,27?,28-,32+,35+,36+,37+,38-/m0/s1. The summed E-state index contributed by atoms with van der Waals surface area (Å²) in [5.41, 5.74) is 7.07. The van der Waals surface area contributed by atoms with Crippen molar-refractivity contribution in [2.45, 2.75) is 130 Å². The lowest BCUT2D eigenvalue weighted by Crippen LogP contribution is -2.59. The Bertz CT molecular complexity index is 1520. The van der Waals surface area contributed by atoms with E-state index in [9.17, 15) is 39.3 Å². The third-order valence-electron chi connectivity index (χ3n) is 11.0. The molecule has 2 rings (SSSR count). The summed E-state index contributed by atoms with van der Waals surface area (Å²) in [6.45, 7) is 17.5. The maximum Gasteiger partial charge on any atom is 0.306 e. The summed E-state index contributed by atoms with van der Waals surface area (Å²) >= 11 is 2.40. The number of aliphatic carboxylic acids is 1. The summed E-state index contributed by atoms with van der Waals surface area (Å²) in [5.74, 6) is -2.79. The van der Waals surface area contributed by atoms with Crippen LogP contribution in [0.3, 0.4) is 0 Å². The highest BCUT2D eigenvalue weighted by molar-refractivity contribution is 8.05. The lowest BCUT2D eigenvalue weighted by atomic mass is 9.86. The molecule has 0 aromatic heterocycles. The number of ether oxygens (including phenoxy) is 1. The lowest BCUT2D eigenvalue weighted by Gasteiger charge is -2.40. The fraction of sp³-hybridized carbons (Fsp3) is 0.690. The number of hydrogen-bond donors (Lipinski definition) is 6. The van der Waals surface area contributed by atoms with E-state index in [1.807, 2.05) is 46.6 Å². The van der Waals surface area contributed by atoms with Gasteiger partial charge < -0.3 is 41.3 Å². The number of nitrogens with one attached hydrogen (secondary N) is 2. The second kappa shape index (κ2) is 25.2. The van der Waals surface area contributed by atoms with E-state index in [1.165, 1.54) is 24.1 Å². The van der Waals surface area contributed by atoms with Gasteiger partial charge in [-0.25, -0.2) is 0 Å². The largest absolute Gasteiger partial charge is 0.512 e. The summed E-state index contributed by atoms with van der Waals surface area (Å²) < 4.78 is 5.78. The molecule has 8 atom stereocenters. The van der Waals surface area contributed by atoms with Gasteiger partial charge in [-0.3, -0.25) is 28.9 Å². The molecule has 2 unspecified atom stereocenters. The molecular weight excluding hydrogens is 783 g/mol. The van der Waals surface area contributed by atoms with Gasteiger partial charge in [-0.05, 0) is 63.1 Å². The predicted molar refractivity (Wildman–Crippen MR) is 231 cm³/mol. The van der Waals surface area contributed by atoms with Crippen molar-refractivity contribution in [3.05, 3.63) is 46.1 Å². The van der Waals surface area contributed by atoms with E-state index in [0.29, 0.717) is 36.3 Å². The molecule has 1 saturated heterocycles. The second-order valence-electron chi connectivity index (χ2n) is 16.1. The van der Waals surface area contributed by atoms with Gasteiger partial charge in [0.15, 0.2) is 0 Å². The molecule has 3 amide bonds. The Hall–Kier alpha value is -3.47. The molecule has 0 saturated carbocycles. The number of thioether (sulfide) groups is 2. The number of carbonyl (C=O) groups excluding carboxylic acids is 4. The number of nitrogens with zero attached hydrogens (tertiary/aromatic N) is 2. The van der Waals surface area contributed by atoms with Gasteiger partial charge in [0.2, 0.25) is 11.8 Å². The molecule has 1 fully saturated rings. The van der Waals surface area contributed by atoms with Crippen LogP contribution in [0.1, 0.15) is 99.8 Å². The van der Waals surface area contributed by atoms with Gasteiger partial charge in [-0.2, -0.15) is 0 Å². The monoisotopic (exact) mass is 851 g/mol. The number of amides is 3. The van der Waals surface area contributed by atoms with Crippen molar-refractivity contribution < 1.29 is 44.0 Å². The Kier molecular flexibility index (Phi) is 22.0. The third kappa shape index (κ3) is 16.3. The van der Waals surface area contributed by atoms with E-state index >= 15 is 0 Å². The highest BCUT2D eigenvalue weighted by atomic mass is 32.2. The van der Waals surface area contributed by atoms with Crippen molar-refractivity contribution in [2.24, 2.45) is 29.4 Å². The lowest BCUT2D eigenvalue weighted by molar-refractivity contribution is -0.147. The number of nitrogens with two attached hydrogens (primary N) is 1. The normalized spacial score (nSPS) is 20.7. The maximum atomic E-state index is 14.7. The van der Waals surface area contributed by atoms with Gasteiger partial charge in [0.25, 0.3) is 5.91 Å². The Morgan fingerprint density at radius 3 is 2.38 bits per heavy atom. The molecule has 1 aliphatic heterocycles. The zero-order valence-corrected chi connectivity index (χ0v) is 37.3. The van der Waals surface area contributed by atoms with Crippen LogP contribution in [-0.2, 0) is 28.7 Å². The number of carboxylic acid groups (broad SMARTS) is 1. The molecule has 1 heterocycles. The number of likely N-dealkylation sites (tertiary alicyclic amines) is 1. The van der Waals surface area contributed by atoms with Crippen LogP contribution in [0.2, 0.25) is 0 Å². The fourth-order valence-corrected chi connectivity index (χ4v) is 8.64. The molecule has 58 heavy (non-hydrogen) atoms. The Morgan fingerprint density at radius 2 is 1.81 bits per heavy atom. The van der Waals surface area contributed by atoms with Crippen LogP contribution in [0.5, 0.6) is 0 Å².